The smallest absolute Gasteiger partial charge is 0.273 e. The molecule has 1 aliphatic heterocycles. The van der Waals surface area contributed by atoms with Crippen LogP contribution in [0.4, 0.5) is 0 Å². The van der Waals surface area contributed by atoms with Gasteiger partial charge in [-0.3, -0.25) is 19.1 Å². The van der Waals surface area contributed by atoms with Gasteiger partial charge in [-0.1, -0.05) is 39.0 Å². The molecule has 170 valence electrons. The van der Waals surface area contributed by atoms with Gasteiger partial charge in [-0.2, -0.15) is 5.10 Å². The summed E-state index contributed by atoms with van der Waals surface area (Å²) in [6.45, 7) is 4.67. The fourth-order valence-electron chi connectivity index (χ4n) is 5.16. The van der Waals surface area contributed by atoms with Gasteiger partial charge >= 0.3 is 0 Å². The van der Waals surface area contributed by atoms with E-state index in [-0.39, 0.29) is 42.0 Å². The number of rotatable bonds is 7. The average molecular weight is 430 g/mol. The number of amides is 3. The van der Waals surface area contributed by atoms with E-state index < -0.39 is 5.54 Å². The molecule has 0 spiro atoms. The number of unbranched alkanes of at least 4 members (excludes halogenated alkanes) is 1. The zero-order chi connectivity index (χ0) is 22.0. The van der Waals surface area contributed by atoms with Gasteiger partial charge in [-0.05, 0) is 39.0 Å². The molecule has 2 saturated carbocycles. The van der Waals surface area contributed by atoms with Crippen molar-refractivity contribution in [3.05, 3.63) is 17.5 Å². The summed E-state index contributed by atoms with van der Waals surface area (Å²) in [6, 6.07) is 1.95. The van der Waals surface area contributed by atoms with E-state index >= 15 is 0 Å². The lowest BCUT2D eigenvalue weighted by atomic mass is 9.94. The average Bonchev–Trinajstić information content (AvgIpc) is 3.49. The van der Waals surface area contributed by atoms with E-state index in [0.717, 1.165) is 64.2 Å². The molecule has 31 heavy (non-hydrogen) atoms. The van der Waals surface area contributed by atoms with Crippen molar-refractivity contribution in [2.75, 3.05) is 6.54 Å². The largest absolute Gasteiger partial charge is 0.351 e. The minimum absolute atomic E-state index is 0.123. The predicted octanol–water partition coefficient (Wildman–Crippen LogP) is 2.63. The summed E-state index contributed by atoms with van der Waals surface area (Å²) in [5.41, 5.74) is -0.377. The SMILES string of the molecule is CCCCN1C(=O)c2cc(C(=O)NC3CCCC3)nn2CC1(C)C(=O)NC1CCCC1. The lowest BCUT2D eigenvalue weighted by Gasteiger charge is -2.43. The molecule has 4 rings (SSSR count). The van der Waals surface area contributed by atoms with Crippen LogP contribution in [0, 0.1) is 0 Å². The monoisotopic (exact) mass is 429 g/mol. The fourth-order valence-corrected chi connectivity index (χ4v) is 5.16. The first kappa shape index (κ1) is 21.8. The first-order chi connectivity index (χ1) is 14.9. The van der Waals surface area contributed by atoms with E-state index in [1.54, 1.807) is 15.6 Å². The maximum absolute atomic E-state index is 13.4. The van der Waals surface area contributed by atoms with Crippen LogP contribution in [0.1, 0.15) is 99.0 Å². The Morgan fingerprint density at radius 3 is 2.32 bits per heavy atom. The van der Waals surface area contributed by atoms with Crippen molar-refractivity contribution >= 4 is 17.7 Å². The molecule has 0 saturated heterocycles. The van der Waals surface area contributed by atoms with E-state index in [0.29, 0.717) is 12.2 Å². The molecule has 3 aliphatic rings. The molecule has 2 heterocycles. The second-order valence-electron chi connectivity index (χ2n) is 9.57. The van der Waals surface area contributed by atoms with Crippen LogP contribution in [-0.4, -0.2) is 56.6 Å². The van der Waals surface area contributed by atoms with E-state index in [9.17, 15) is 14.4 Å². The standard InChI is InChI=1S/C23H35N5O3/c1-3-4-13-27-21(30)19-14-18(20(29)24-16-9-5-6-10-16)26-28(19)15-23(27,2)22(31)25-17-11-7-8-12-17/h14,16-17H,3-13,15H2,1-2H3,(H,24,29)(H,25,31). The number of hydrogen-bond donors (Lipinski definition) is 2. The van der Waals surface area contributed by atoms with Gasteiger partial charge in [0.25, 0.3) is 11.8 Å². The molecule has 1 aromatic heterocycles. The Bertz CT molecular complexity index is 838. The number of carbonyl (C=O) groups excluding carboxylic acids is 3. The topological polar surface area (TPSA) is 96.3 Å². The van der Waals surface area contributed by atoms with Gasteiger partial charge in [0.1, 0.15) is 11.2 Å². The van der Waals surface area contributed by atoms with E-state index in [1.807, 2.05) is 6.92 Å². The van der Waals surface area contributed by atoms with Gasteiger partial charge in [0.05, 0.1) is 6.54 Å². The van der Waals surface area contributed by atoms with Gasteiger partial charge < -0.3 is 15.5 Å². The van der Waals surface area contributed by atoms with Crippen LogP contribution in [0.3, 0.4) is 0 Å². The predicted molar refractivity (Wildman–Crippen MR) is 117 cm³/mol. The van der Waals surface area contributed by atoms with Crippen molar-refractivity contribution in [3.63, 3.8) is 0 Å². The number of carbonyl (C=O) groups is 3. The minimum Gasteiger partial charge on any atom is -0.351 e. The van der Waals surface area contributed by atoms with Gasteiger partial charge in [0.15, 0.2) is 5.69 Å². The molecule has 1 aromatic rings. The Labute approximate surface area is 184 Å². The number of nitrogens with zero attached hydrogens (tertiary/aromatic N) is 3. The zero-order valence-corrected chi connectivity index (χ0v) is 18.8. The molecule has 2 fully saturated rings. The Morgan fingerprint density at radius 2 is 1.71 bits per heavy atom. The van der Waals surface area contributed by atoms with Crippen molar-refractivity contribution in [2.45, 2.75) is 102 Å². The van der Waals surface area contributed by atoms with E-state index in [4.69, 9.17) is 0 Å². The van der Waals surface area contributed by atoms with Gasteiger partial charge in [0.2, 0.25) is 5.91 Å². The van der Waals surface area contributed by atoms with Crippen LogP contribution in [0.15, 0.2) is 6.07 Å². The molecule has 0 bridgehead atoms. The summed E-state index contributed by atoms with van der Waals surface area (Å²) in [7, 11) is 0. The second kappa shape index (κ2) is 9.01. The molecule has 1 atom stereocenters. The van der Waals surface area contributed by atoms with Crippen LogP contribution in [0.2, 0.25) is 0 Å². The molecule has 3 amide bonds. The lowest BCUT2D eigenvalue weighted by Crippen LogP contribution is -2.65. The minimum atomic E-state index is -1.02. The molecule has 0 aromatic carbocycles. The van der Waals surface area contributed by atoms with E-state index in [1.165, 1.54) is 0 Å². The van der Waals surface area contributed by atoms with Crippen molar-refractivity contribution in [3.8, 4) is 0 Å². The van der Waals surface area contributed by atoms with Crippen molar-refractivity contribution in [1.82, 2.24) is 25.3 Å². The Hall–Kier alpha value is -2.38. The van der Waals surface area contributed by atoms with Gasteiger partial charge in [0, 0.05) is 24.7 Å². The quantitative estimate of drug-likeness (QED) is 0.696. The van der Waals surface area contributed by atoms with Crippen LogP contribution in [-0.2, 0) is 11.3 Å². The Kier molecular flexibility index (Phi) is 6.34. The van der Waals surface area contributed by atoms with Gasteiger partial charge in [-0.15, -0.1) is 0 Å². The second-order valence-corrected chi connectivity index (χ2v) is 9.57. The molecular formula is C23H35N5O3. The summed E-state index contributed by atoms with van der Waals surface area (Å²) in [5, 5.41) is 10.7. The number of hydrogen-bond acceptors (Lipinski definition) is 4. The fraction of sp³-hybridized carbons (Fsp3) is 0.739. The zero-order valence-electron chi connectivity index (χ0n) is 18.8. The first-order valence-corrected chi connectivity index (χ1v) is 11.9. The third kappa shape index (κ3) is 4.34. The lowest BCUT2D eigenvalue weighted by molar-refractivity contribution is -0.133. The highest BCUT2D eigenvalue weighted by atomic mass is 16.2. The third-order valence-electron chi connectivity index (χ3n) is 7.14. The molecule has 2 N–H and O–H groups in total. The summed E-state index contributed by atoms with van der Waals surface area (Å²) in [6.07, 6.45) is 10.2. The third-order valence-corrected chi connectivity index (χ3v) is 7.14. The molecule has 1 unspecified atom stereocenters. The van der Waals surface area contributed by atoms with Crippen LogP contribution >= 0.6 is 0 Å². The Balaban J connectivity index is 1.57. The maximum Gasteiger partial charge on any atom is 0.273 e. The highest BCUT2D eigenvalue weighted by molar-refractivity contribution is 6.02. The number of aromatic nitrogens is 2. The first-order valence-electron chi connectivity index (χ1n) is 11.9. The molecule has 8 heteroatoms. The van der Waals surface area contributed by atoms with Crippen molar-refractivity contribution in [1.29, 1.82) is 0 Å². The van der Waals surface area contributed by atoms with Crippen LogP contribution in [0.5, 0.6) is 0 Å². The molecule has 8 nitrogen and oxygen atoms in total. The number of nitrogens with one attached hydrogen (secondary N) is 2. The highest BCUT2D eigenvalue weighted by Gasteiger charge is 2.48. The van der Waals surface area contributed by atoms with E-state index in [2.05, 4.69) is 22.7 Å². The van der Waals surface area contributed by atoms with Crippen molar-refractivity contribution in [2.24, 2.45) is 0 Å². The molecule has 0 radical (unpaired) electrons. The Morgan fingerprint density at radius 1 is 1.10 bits per heavy atom. The highest BCUT2D eigenvalue weighted by Crippen LogP contribution is 2.29. The van der Waals surface area contributed by atoms with Crippen LogP contribution < -0.4 is 10.6 Å². The summed E-state index contributed by atoms with van der Waals surface area (Å²) < 4.78 is 1.56. The molecule has 2 aliphatic carbocycles. The normalized spacial score (nSPS) is 24.5. The summed E-state index contributed by atoms with van der Waals surface area (Å²) >= 11 is 0. The van der Waals surface area contributed by atoms with Crippen LogP contribution in [0.25, 0.3) is 0 Å². The summed E-state index contributed by atoms with van der Waals surface area (Å²) in [4.78, 5) is 41.2. The number of fused-ring (bicyclic) bond motifs is 1. The maximum atomic E-state index is 13.4. The summed E-state index contributed by atoms with van der Waals surface area (Å²) in [5.74, 6) is -0.586. The molecular weight excluding hydrogens is 394 g/mol. The van der Waals surface area contributed by atoms with Gasteiger partial charge in [-0.25, -0.2) is 0 Å². The van der Waals surface area contributed by atoms with Crippen molar-refractivity contribution < 1.29 is 14.4 Å².